The Bertz CT molecular complexity index is 467. The van der Waals surface area contributed by atoms with Crippen LogP contribution in [0.4, 0.5) is 0 Å². The van der Waals surface area contributed by atoms with E-state index >= 15 is 0 Å². The van der Waals surface area contributed by atoms with Gasteiger partial charge in [0.1, 0.15) is 0 Å². The fraction of sp³-hybridized carbons (Fsp3) is 0.905. The second-order valence-electron chi connectivity index (χ2n) is 9.54. The van der Waals surface area contributed by atoms with E-state index in [0.717, 1.165) is 23.7 Å². The van der Waals surface area contributed by atoms with Crippen molar-refractivity contribution in [1.29, 1.82) is 0 Å². The Balaban J connectivity index is 1.64. The molecule has 0 bridgehead atoms. The first-order valence-corrected chi connectivity index (χ1v) is 9.80. The van der Waals surface area contributed by atoms with E-state index in [-0.39, 0.29) is 6.10 Å². The molecule has 0 radical (unpaired) electrons. The maximum absolute atomic E-state index is 10.3. The maximum Gasteiger partial charge on any atom is 0.0545 e. The van der Waals surface area contributed by atoms with Crippen LogP contribution in [-0.4, -0.2) is 11.2 Å². The molecule has 0 heterocycles. The summed E-state index contributed by atoms with van der Waals surface area (Å²) in [6, 6.07) is 0. The first-order chi connectivity index (χ1) is 10.5. The molecule has 0 aromatic rings. The lowest BCUT2D eigenvalue weighted by molar-refractivity contribution is -0.106. The van der Waals surface area contributed by atoms with E-state index in [1.54, 1.807) is 0 Å². The molecule has 1 N–H and O–H groups in total. The van der Waals surface area contributed by atoms with Gasteiger partial charge in [-0.05, 0) is 98.7 Å². The second-order valence-corrected chi connectivity index (χ2v) is 9.54. The van der Waals surface area contributed by atoms with Gasteiger partial charge in [0.15, 0.2) is 0 Å². The van der Waals surface area contributed by atoms with E-state index in [1.165, 1.54) is 51.4 Å². The van der Waals surface area contributed by atoms with Crippen molar-refractivity contribution in [3.05, 3.63) is 12.2 Å². The van der Waals surface area contributed by atoms with Crippen LogP contribution in [0.25, 0.3) is 0 Å². The fourth-order valence-corrected chi connectivity index (χ4v) is 7.67. The summed E-state index contributed by atoms with van der Waals surface area (Å²) in [5, 5.41) is 10.3. The molecule has 0 aromatic carbocycles. The Morgan fingerprint density at radius 1 is 0.955 bits per heavy atom. The van der Waals surface area contributed by atoms with Gasteiger partial charge in [-0.1, -0.05) is 26.0 Å². The Labute approximate surface area is 136 Å². The fourth-order valence-electron chi connectivity index (χ4n) is 7.67. The molecular weight excluding hydrogens is 268 g/mol. The number of aliphatic hydroxyl groups excluding tert-OH is 1. The SMILES string of the molecule is CC(O)[C@H]1CC[C@H]2[C@@H]3CCC4CC=CC[C@]4(C)[C@H]3CC[C@]12C. The lowest BCUT2D eigenvalue weighted by atomic mass is 9.45. The molecule has 8 atom stereocenters. The smallest absolute Gasteiger partial charge is 0.0545 e. The highest BCUT2D eigenvalue weighted by Crippen LogP contribution is 2.67. The minimum Gasteiger partial charge on any atom is -0.393 e. The van der Waals surface area contributed by atoms with Crippen molar-refractivity contribution in [3.63, 3.8) is 0 Å². The van der Waals surface area contributed by atoms with Crippen molar-refractivity contribution < 1.29 is 5.11 Å². The third kappa shape index (κ3) is 1.93. The quantitative estimate of drug-likeness (QED) is 0.661. The van der Waals surface area contributed by atoms with Gasteiger partial charge < -0.3 is 5.11 Å². The Hall–Kier alpha value is -0.300. The second kappa shape index (κ2) is 5.10. The number of aliphatic hydroxyl groups is 1. The number of hydrogen-bond donors (Lipinski definition) is 1. The summed E-state index contributed by atoms with van der Waals surface area (Å²) >= 11 is 0. The summed E-state index contributed by atoms with van der Waals surface area (Å²) in [5.41, 5.74) is 0.991. The van der Waals surface area contributed by atoms with E-state index in [9.17, 15) is 5.11 Å². The van der Waals surface area contributed by atoms with Crippen molar-refractivity contribution in [1.82, 2.24) is 0 Å². The number of rotatable bonds is 1. The standard InChI is InChI=1S/C21H34O/c1-14(22)17-9-10-18-16-8-7-15-6-4-5-12-20(15,2)19(16)11-13-21(17,18)3/h4-5,14-19,22H,6-13H2,1-3H3/t14?,15?,16-,17+,18-,19-,20-,21+/m0/s1. The molecule has 4 aliphatic rings. The van der Waals surface area contributed by atoms with Crippen LogP contribution >= 0.6 is 0 Å². The summed E-state index contributed by atoms with van der Waals surface area (Å²) in [6.07, 6.45) is 15.8. The molecule has 3 saturated carbocycles. The molecule has 0 saturated heterocycles. The predicted octanol–water partition coefficient (Wildman–Crippen LogP) is 5.19. The lowest BCUT2D eigenvalue weighted by Crippen LogP contribution is -2.52. The van der Waals surface area contributed by atoms with Crippen LogP contribution in [0.5, 0.6) is 0 Å². The first-order valence-electron chi connectivity index (χ1n) is 9.80. The molecule has 124 valence electrons. The minimum absolute atomic E-state index is 0.115. The van der Waals surface area contributed by atoms with Crippen LogP contribution in [0.15, 0.2) is 12.2 Å². The average molecular weight is 303 g/mol. The Morgan fingerprint density at radius 2 is 1.73 bits per heavy atom. The number of fused-ring (bicyclic) bond motifs is 5. The van der Waals surface area contributed by atoms with Crippen molar-refractivity contribution in [3.8, 4) is 0 Å². The van der Waals surface area contributed by atoms with E-state index in [2.05, 4.69) is 26.0 Å². The summed E-state index contributed by atoms with van der Waals surface area (Å²) in [6.45, 7) is 7.17. The number of hydrogen-bond acceptors (Lipinski definition) is 1. The van der Waals surface area contributed by atoms with Gasteiger partial charge in [0.2, 0.25) is 0 Å². The van der Waals surface area contributed by atoms with Gasteiger partial charge >= 0.3 is 0 Å². The maximum atomic E-state index is 10.3. The summed E-state index contributed by atoms with van der Waals surface area (Å²) in [5.74, 6) is 4.26. The van der Waals surface area contributed by atoms with Crippen LogP contribution in [0.1, 0.15) is 72.1 Å². The molecule has 2 unspecified atom stereocenters. The zero-order chi connectivity index (χ0) is 15.5. The van der Waals surface area contributed by atoms with Gasteiger partial charge in [-0.25, -0.2) is 0 Å². The predicted molar refractivity (Wildman–Crippen MR) is 91.4 cm³/mol. The van der Waals surface area contributed by atoms with E-state index in [4.69, 9.17) is 0 Å². The molecule has 0 spiro atoms. The normalized spacial score (nSPS) is 55.2. The Kier molecular flexibility index (Phi) is 3.53. The number of allylic oxidation sites excluding steroid dienone is 2. The van der Waals surface area contributed by atoms with Gasteiger partial charge in [0, 0.05) is 0 Å². The van der Waals surface area contributed by atoms with E-state index < -0.39 is 0 Å². The van der Waals surface area contributed by atoms with Crippen LogP contribution in [-0.2, 0) is 0 Å². The molecule has 4 rings (SSSR count). The third-order valence-corrected chi connectivity index (χ3v) is 8.87. The lowest BCUT2D eigenvalue weighted by Gasteiger charge is -2.60. The van der Waals surface area contributed by atoms with Crippen molar-refractivity contribution >= 4 is 0 Å². The highest BCUT2D eigenvalue weighted by atomic mass is 16.3. The molecule has 22 heavy (non-hydrogen) atoms. The topological polar surface area (TPSA) is 20.2 Å². The highest BCUT2D eigenvalue weighted by Gasteiger charge is 2.59. The zero-order valence-corrected chi connectivity index (χ0v) is 14.7. The molecule has 1 nitrogen and oxygen atoms in total. The molecule has 4 aliphatic carbocycles. The monoisotopic (exact) mass is 302 g/mol. The zero-order valence-electron chi connectivity index (χ0n) is 14.7. The summed E-state index contributed by atoms with van der Waals surface area (Å²) in [7, 11) is 0. The molecule has 0 aliphatic heterocycles. The molecule has 1 heteroatoms. The molecule has 3 fully saturated rings. The molecular formula is C21H34O. The molecule has 0 amide bonds. The van der Waals surface area contributed by atoms with Crippen LogP contribution < -0.4 is 0 Å². The van der Waals surface area contributed by atoms with Gasteiger partial charge in [0.25, 0.3) is 0 Å². The van der Waals surface area contributed by atoms with Gasteiger partial charge in [-0.3, -0.25) is 0 Å². The Morgan fingerprint density at radius 3 is 2.50 bits per heavy atom. The van der Waals surface area contributed by atoms with Crippen LogP contribution in [0, 0.1) is 40.4 Å². The van der Waals surface area contributed by atoms with Gasteiger partial charge in [-0.2, -0.15) is 0 Å². The average Bonchev–Trinajstić information content (AvgIpc) is 2.84. The van der Waals surface area contributed by atoms with Crippen molar-refractivity contribution in [2.45, 2.75) is 78.2 Å². The van der Waals surface area contributed by atoms with E-state index in [0.29, 0.717) is 16.7 Å². The largest absolute Gasteiger partial charge is 0.393 e. The highest BCUT2D eigenvalue weighted by molar-refractivity contribution is 5.12. The van der Waals surface area contributed by atoms with E-state index in [1.807, 2.05) is 6.92 Å². The van der Waals surface area contributed by atoms with Gasteiger partial charge in [-0.15, -0.1) is 0 Å². The van der Waals surface area contributed by atoms with Crippen molar-refractivity contribution in [2.24, 2.45) is 40.4 Å². The van der Waals surface area contributed by atoms with Crippen LogP contribution in [0.2, 0.25) is 0 Å². The van der Waals surface area contributed by atoms with Gasteiger partial charge in [0.05, 0.1) is 6.10 Å². The molecule has 0 aromatic heterocycles. The first kappa shape index (κ1) is 15.2. The summed E-state index contributed by atoms with van der Waals surface area (Å²) in [4.78, 5) is 0. The summed E-state index contributed by atoms with van der Waals surface area (Å²) < 4.78 is 0. The van der Waals surface area contributed by atoms with Crippen LogP contribution in [0.3, 0.4) is 0 Å². The third-order valence-electron chi connectivity index (χ3n) is 8.87. The minimum atomic E-state index is -0.115. The van der Waals surface area contributed by atoms with Crippen molar-refractivity contribution in [2.75, 3.05) is 0 Å².